The van der Waals surface area contributed by atoms with E-state index in [4.69, 9.17) is 4.74 Å². The van der Waals surface area contributed by atoms with Gasteiger partial charge in [-0.05, 0) is 67.6 Å². The Labute approximate surface area is 223 Å². The summed E-state index contributed by atoms with van der Waals surface area (Å²) >= 11 is 0. The Morgan fingerprint density at radius 1 is 0.816 bits per heavy atom. The molecule has 1 saturated heterocycles. The third kappa shape index (κ3) is 5.94. The van der Waals surface area contributed by atoms with Crippen molar-refractivity contribution in [1.82, 2.24) is 9.88 Å². The molecule has 194 valence electrons. The summed E-state index contributed by atoms with van der Waals surface area (Å²) in [6.07, 6.45) is 1.47. The number of benzene rings is 3. The number of amides is 2. The van der Waals surface area contributed by atoms with Crippen molar-refractivity contribution in [2.45, 2.75) is 26.4 Å². The molecule has 4 aromatic rings. The van der Waals surface area contributed by atoms with Crippen LogP contribution in [0.3, 0.4) is 0 Å². The number of anilines is 2. The summed E-state index contributed by atoms with van der Waals surface area (Å²) < 4.78 is 5.50. The lowest BCUT2D eigenvalue weighted by atomic mass is 10.1. The molecule has 0 spiro atoms. The summed E-state index contributed by atoms with van der Waals surface area (Å²) in [5.74, 6) is -0.251. The highest BCUT2D eigenvalue weighted by Gasteiger charge is 2.26. The normalized spacial score (nSPS) is 13.9. The molecule has 0 unspecified atom stereocenters. The molecule has 0 bridgehead atoms. The summed E-state index contributed by atoms with van der Waals surface area (Å²) in [7, 11) is 0. The molecule has 1 N–H and O–H groups in total. The fraction of sp³-hybridized carbons (Fsp3) is 0.258. The molecule has 1 aliphatic rings. The molecule has 0 atom stereocenters. The predicted octanol–water partition coefficient (Wildman–Crippen LogP) is 6.21. The highest BCUT2D eigenvalue weighted by molar-refractivity contribution is 6.05. The predicted molar refractivity (Wildman–Crippen MR) is 152 cm³/mol. The molecule has 38 heavy (non-hydrogen) atoms. The van der Waals surface area contributed by atoms with Gasteiger partial charge in [0.05, 0.1) is 0 Å². The lowest BCUT2D eigenvalue weighted by molar-refractivity contribution is 0.0240. The number of piperazine rings is 1. The molecular weight excluding hydrogens is 476 g/mol. The van der Waals surface area contributed by atoms with Crippen LogP contribution in [0.15, 0.2) is 85.1 Å². The van der Waals surface area contributed by atoms with E-state index in [1.807, 2.05) is 87.5 Å². The smallest absolute Gasteiger partial charge is 0.410 e. The van der Waals surface area contributed by atoms with Crippen LogP contribution in [0.2, 0.25) is 0 Å². The van der Waals surface area contributed by atoms with Crippen LogP contribution in [-0.2, 0) is 4.74 Å². The van der Waals surface area contributed by atoms with Crippen LogP contribution >= 0.6 is 0 Å². The molecular formula is C31H32N4O3. The van der Waals surface area contributed by atoms with E-state index in [1.54, 1.807) is 11.1 Å². The number of carbonyl (C=O) groups excluding carboxylic acids is 2. The maximum atomic E-state index is 13.0. The zero-order valence-corrected chi connectivity index (χ0v) is 22.0. The lowest BCUT2D eigenvalue weighted by Gasteiger charge is -2.36. The Morgan fingerprint density at radius 3 is 2.29 bits per heavy atom. The summed E-state index contributed by atoms with van der Waals surface area (Å²) in [6, 6.07) is 25.8. The minimum Gasteiger partial charge on any atom is -0.444 e. The first-order valence-electron chi connectivity index (χ1n) is 12.8. The van der Waals surface area contributed by atoms with Crippen LogP contribution in [0.25, 0.3) is 21.9 Å². The third-order valence-corrected chi connectivity index (χ3v) is 6.46. The van der Waals surface area contributed by atoms with E-state index >= 15 is 0 Å². The highest BCUT2D eigenvalue weighted by atomic mass is 16.6. The van der Waals surface area contributed by atoms with Gasteiger partial charge in [0.1, 0.15) is 11.3 Å². The Hall–Kier alpha value is -4.39. The van der Waals surface area contributed by atoms with Gasteiger partial charge in [0.25, 0.3) is 5.91 Å². The van der Waals surface area contributed by atoms with Gasteiger partial charge in [0.15, 0.2) is 0 Å². The molecule has 7 nitrogen and oxygen atoms in total. The minimum atomic E-state index is -0.498. The van der Waals surface area contributed by atoms with Crippen LogP contribution in [0.4, 0.5) is 16.2 Å². The Kier molecular flexibility index (Phi) is 7.01. The monoisotopic (exact) mass is 508 g/mol. The first kappa shape index (κ1) is 25.3. The fourth-order valence-electron chi connectivity index (χ4n) is 4.53. The minimum absolute atomic E-state index is 0.251. The van der Waals surface area contributed by atoms with Crippen LogP contribution in [-0.4, -0.2) is 53.7 Å². The van der Waals surface area contributed by atoms with Gasteiger partial charge < -0.3 is 19.9 Å². The maximum absolute atomic E-state index is 13.0. The zero-order chi connectivity index (χ0) is 26.7. The second-order valence-electron chi connectivity index (χ2n) is 10.5. The highest BCUT2D eigenvalue weighted by Crippen LogP contribution is 2.25. The molecule has 2 heterocycles. The van der Waals surface area contributed by atoms with Crippen LogP contribution in [0.5, 0.6) is 0 Å². The van der Waals surface area contributed by atoms with E-state index in [-0.39, 0.29) is 12.0 Å². The van der Waals surface area contributed by atoms with Gasteiger partial charge in [0.2, 0.25) is 0 Å². The van der Waals surface area contributed by atoms with E-state index in [0.717, 1.165) is 46.4 Å². The van der Waals surface area contributed by atoms with Crippen molar-refractivity contribution in [3.05, 3.63) is 90.8 Å². The molecule has 1 aromatic heterocycles. The molecule has 5 rings (SSSR count). The molecule has 0 radical (unpaired) electrons. The fourth-order valence-corrected chi connectivity index (χ4v) is 4.53. The van der Waals surface area contributed by atoms with Gasteiger partial charge >= 0.3 is 6.09 Å². The second kappa shape index (κ2) is 10.5. The van der Waals surface area contributed by atoms with E-state index in [9.17, 15) is 9.59 Å². The number of nitrogens with zero attached hydrogens (tertiary/aromatic N) is 3. The van der Waals surface area contributed by atoms with Gasteiger partial charge in [-0.2, -0.15) is 0 Å². The summed E-state index contributed by atoms with van der Waals surface area (Å²) in [5, 5.41) is 4.87. The van der Waals surface area contributed by atoms with Gasteiger partial charge in [-0.3, -0.25) is 9.78 Å². The third-order valence-electron chi connectivity index (χ3n) is 6.46. The number of pyridine rings is 1. The molecule has 7 heteroatoms. The number of fused-ring (bicyclic) bond motifs is 1. The van der Waals surface area contributed by atoms with Crippen molar-refractivity contribution in [1.29, 1.82) is 0 Å². The molecule has 1 fully saturated rings. The Bertz CT molecular complexity index is 1460. The topological polar surface area (TPSA) is 74.8 Å². The van der Waals surface area contributed by atoms with Crippen molar-refractivity contribution in [2.24, 2.45) is 0 Å². The number of hydrogen-bond acceptors (Lipinski definition) is 5. The van der Waals surface area contributed by atoms with Gasteiger partial charge in [0, 0.05) is 49.1 Å². The number of hydrogen-bond donors (Lipinski definition) is 1. The first-order valence-corrected chi connectivity index (χ1v) is 12.8. The number of carbonyl (C=O) groups is 2. The number of aromatic nitrogens is 1. The molecule has 0 saturated carbocycles. The largest absolute Gasteiger partial charge is 0.444 e. The molecule has 1 aliphatic heterocycles. The van der Waals surface area contributed by atoms with Crippen molar-refractivity contribution in [3.8, 4) is 11.1 Å². The molecule has 0 aliphatic carbocycles. The first-order chi connectivity index (χ1) is 18.2. The van der Waals surface area contributed by atoms with E-state index in [2.05, 4.69) is 27.3 Å². The average Bonchev–Trinajstić information content (AvgIpc) is 2.92. The zero-order valence-electron chi connectivity index (χ0n) is 22.0. The quantitative estimate of drug-likeness (QED) is 0.355. The maximum Gasteiger partial charge on any atom is 0.410 e. The number of rotatable bonds is 4. The van der Waals surface area contributed by atoms with Crippen LogP contribution < -0.4 is 10.2 Å². The van der Waals surface area contributed by atoms with Gasteiger partial charge in [-0.25, -0.2) is 4.79 Å². The number of ether oxygens (including phenoxy) is 1. The standard InChI is InChI=1S/C31H32N4O3/c1-31(2,3)38-30(37)35-16-14-34(15-17-35)27-13-12-24-20-28(32-21-25(24)19-27)29(36)33-26-11-7-10-23(18-26)22-8-5-4-6-9-22/h4-13,18-21H,14-17H2,1-3H3,(H,33,36). The van der Waals surface area contributed by atoms with Crippen LogP contribution in [0.1, 0.15) is 31.3 Å². The summed E-state index contributed by atoms with van der Waals surface area (Å²) in [6.45, 7) is 8.29. The van der Waals surface area contributed by atoms with E-state index < -0.39 is 5.60 Å². The Morgan fingerprint density at radius 2 is 1.55 bits per heavy atom. The molecule has 3 aromatic carbocycles. The van der Waals surface area contributed by atoms with Gasteiger partial charge in [-0.15, -0.1) is 0 Å². The van der Waals surface area contributed by atoms with Gasteiger partial charge in [-0.1, -0.05) is 48.5 Å². The SMILES string of the molecule is CC(C)(C)OC(=O)N1CCN(c2ccc3cc(C(=O)Nc4cccc(-c5ccccc5)c4)ncc3c2)CC1. The van der Waals surface area contributed by atoms with Crippen molar-refractivity contribution in [2.75, 3.05) is 36.4 Å². The van der Waals surface area contributed by atoms with Crippen molar-refractivity contribution < 1.29 is 14.3 Å². The van der Waals surface area contributed by atoms with Crippen molar-refractivity contribution >= 4 is 34.1 Å². The average molecular weight is 509 g/mol. The van der Waals surface area contributed by atoms with Crippen molar-refractivity contribution in [3.63, 3.8) is 0 Å². The summed E-state index contributed by atoms with van der Waals surface area (Å²) in [4.78, 5) is 33.8. The second-order valence-corrected chi connectivity index (χ2v) is 10.5. The molecule has 2 amide bonds. The number of nitrogens with one attached hydrogen (secondary N) is 1. The lowest BCUT2D eigenvalue weighted by Crippen LogP contribution is -2.50. The Balaban J connectivity index is 1.24. The summed E-state index contributed by atoms with van der Waals surface area (Å²) in [5.41, 5.74) is 3.78. The van der Waals surface area contributed by atoms with E-state index in [0.29, 0.717) is 18.8 Å². The van der Waals surface area contributed by atoms with Crippen LogP contribution in [0, 0.1) is 0 Å². The van der Waals surface area contributed by atoms with E-state index in [1.165, 1.54) is 0 Å².